The molecule has 0 atom stereocenters. The normalized spacial score (nSPS) is 16.3. The summed E-state index contributed by atoms with van der Waals surface area (Å²) in [6.07, 6.45) is 7.40. The Morgan fingerprint density at radius 2 is 2.13 bits per heavy atom. The largest absolute Gasteiger partial charge is 0.314 e. The maximum atomic E-state index is 3.80. The van der Waals surface area contributed by atoms with E-state index < -0.39 is 0 Å². The van der Waals surface area contributed by atoms with Crippen molar-refractivity contribution in [3.63, 3.8) is 0 Å². The quantitative estimate of drug-likeness (QED) is 0.464. The van der Waals surface area contributed by atoms with Crippen LogP contribution in [0.2, 0.25) is 0 Å². The van der Waals surface area contributed by atoms with Gasteiger partial charge in [-0.25, -0.2) is 0 Å². The van der Waals surface area contributed by atoms with Crippen molar-refractivity contribution in [3.05, 3.63) is 12.7 Å². The fraction of sp³-hybridized carbons (Fsp3) is 0.846. The first-order valence-corrected chi connectivity index (χ1v) is 6.32. The average molecular weight is 210 g/mol. The summed E-state index contributed by atoms with van der Waals surface area (Å²) in [4.78, 5) is 2.48. The van der Waals surface area contributed by atoms with E-state index in [0.717, 1.165) is 12.6 Å². The number of rotatable bonds is 9. The van der Waals surface area contributed by atoms with Crippen LogP contribution in [0.4, 0.5) is 0 Å². The lowest BCUT2D eigenvalue weighted by molar-refractivity contribution is 0.241. The molecule has 1 saturated carbocycles. The Morgan fingerprint density at radius 3 is 2.67 bits per heavy atom. The predicted octanol–water partition coefficient (Wildman–Crippen LogP) is 2.42. The van der Waals surface area contributed by atoms with Gasteiger partial charge in [0.1, 0.15) is 0 Å². The van der Waals surface area contributed by atoms with Gasteiger partial charge in [0.25, 0.3) is 0 Å². The molecule has 0 aliphatic heterocycles. The molecule has 0 aromatic rings. The van der Waals surface area contributed by atoms with Crippen molar-refractivity contribution >= 4 is 0 Å². The van der Waals surface area contributed by atoms with Crippen LogP contribution in [0.25, 0.3) is 0 Å². The van der Waals surface area contributed by atoms with Crippen molar-refractivity contribution in [3.8, 4) is 0 Å². The second kappa shape index (κ2) is 7.02. The van der Waals surface area contributed by atoms with Gasteiger partial charge >= 0.3 is 0 Å². The molecule has 1 N–H and O–H groups in total. The first-order valence-electron chi connectivity index (χ1n) is 6.32. The maximum Gasteiger partial charge on any atom is 0.0163 e. The highest BCUT2D eigenvalue weighted by Crippen LogP contribution is 2.18. The Labute approximate surface area is 94.7 Å². The molecule has 0 radical (unpaired) electrons. The lowest BCUT2D eigenvalue weighted by atomic mass is 10.2. The Balaban J connectivity index is 1.96. The van der Waals surface area contributed by atoms with E-state index in [1.54, 1.807) is 0 Å². The molecule has 88 valence electrons. The molecule has 1 aliphatic rings. The first-order chi connectivity index (χ1) is 7.24. The molecular weight excluding hydrogens is 184 g/mol. The molecule has 1 fully saturated rings. The van der Waals surface area contributed by atoms with Gasteiger partial charge in [-0.2, -0.15) is 0 Å². The van der Waals surface area contributed by atoms with Crippen molar-refractivity contribution in [1.29, 1.82) is 0 Å². The van der Waals surface area contributed by atoms with Crippen LogP contribution < -0.4 is 5.32 Å². The maximum absolute atomic E-state index is 3.80. The van der Waals surface area contributed by atoms with E-state index in [2.05, 4.69) is 30.6 Å². The molecular formula is C13H26N2. The Hall–Kier alpha value is -0.340. The van der Waals surface area contributed by atoms with Crippen molar-refractivity contribution in [1.82, 2.24) is 10.2 Å². The summed E-state index contributed by atoms with van der Waals surface area (Å²) in [5.41, 5.74) is 0. The van der Waals surface area contributed by atoms with Crippen LogP contribution in [0.3, 0.4) is 0 Å². The van der Waals surface area contributed by atoms with Crippen molar-refractivity contribution in [2.24, 2.45) is 0 Å². The summed E-state index contributed by atoms with van der Waals surface area (Å²) in [6.45, 7) is 11.7. The molecule has 15 heavy (non-hydrogen) atoms. The van der Waals surface area contributed by atoms with E-state index in [1.165, 1.54) is 38.8 Å². The summed E-state index contributed by atoms with van der Waals surface area (Å²) < 4.78 is 0. The van der Waals surface area contributed by atoms with Gasteiger partial charge in [0.05, 0.1) is 0 Å². The van der Waals surface area contributed by atoms with Crippen LogP contribution in [0.1, 0.15) is 39.5 Å². The monoisotopic (exact) mass is 210 g/mol. The molecule has 0 aromatic carbocycles. The van der Waals surface area contributed by atoms with Crippen LogP contribution in [0.15, 0.2) is 12.7 Å². The average Bonchev–Trinajstić information content (AvgIpc) is 2.99. The first kappa shape index (κ1) is 12.7. The lowest BCUT2D eigenvalue weighted by Gasteiger charge is -2.24. The third-order valence-corrected chi connectivity index (χ3v) is 2.98. The van der Waals surface area contributed by atoms with E-state index in [-0.39, 0.29) is 0 Å². The van der Waals surface area contributed by atoms with E-state index >= 15 is 0 Å². The van der Waals surface area contributed by atoms with Crippen LogP contribution in [0, 0.1) is 0 Å². The van der Waals surface area contributed by atoms with Gasteiger partial charge in [-0.1, -0.05) is 6.08 Å². The molecule has 1 aliphatic carbocycles. The lowest BCUT2D eigenvalue weighted by Crippen LogP contribution is -2.32. The van der Waals surface area contributed by atoms with Gasteiger partial charge in [0.15, 0.2) is 0 Å². The van der Waals surface area contributed by atoms with Gasteiger partial charge in [0, 0.05) is 18.6 Å². The number of hydrogen-bond acceptors (Lipinski definition) is 2. The summed E-state index contributed by atoms with van der Waals surface area (Å²) in [5, 5.41) is 3.55. The highest BCUT2D eigenvalue weighted by molar-refractivity contribution is 4.80. The minimum Gasteiger partial charge on any atom is -0.314 e. The van der Waals surface area contributed by atoms with Crippen LogP contribution >= 0.6 is 0 Å². The molecule has 0 bridgehead atoms. The minimum absolute atomic E-state index is 0.638. The van der Waals surface area contributed by atoms with E-state index in [0.29, 0.717) is 6.04 Å². The standard InChI is InChI=1S/C13H26N2/c1-4-10-15(12(2)3)11-6-5-9-14-13-7-8-13/h4,12-14H,1,5-11H2,2-3H3. The third kappa shape index (κ3) is 5.95. The van der Waals surface area contributed by atoms with Gasteiger partial charge in [-0.3, -0.25) is 4.90 Å². The second-order valence-corrected chi connectivity index (χ2v) is 4.81. The van der Waals surface area contributed by atoms with E-state index in [1.807, 2.05) is 6.08 Å². The van der Waals surface area contributed by atoms with E-state index in [4.69, 9.17) is 0 Å². The van der Waals surface area contributed by atoms with Gasteiger partial charge < -0.3 is 5.32 Å². The summed E-state index contributed by atoms with van der Waals surface area (Å²) in [5.74, 6) is 0. The highest BCUT2D eigenvalue weighted by Gasteiger charge is 2.19. The number of hydrogen-bond donors (Lipinski definition) is 1. The molecule has 1 rings (SSSR count). The van der Waals surface area contributed by atoms with Crippen LogP contribution in [-0.4, -0.2) is 36.6 Å². The third-order valence-electron chi connectivity index (χ3n) is 2.98. The zero-order chi connectivity index (χ0) is 11.1. The summed E-state index contributed by atoms with van der Waals surface area (Å²) >= 11 is 0. The molecule has 0 unspecified atom stereocenters. The molecule has 0 saturated heterocycles. The van der Waals surface area contributed by atoms with Crippen molar-refractivity contribution in [2.45, 2.75) is 51.6 Å². The molecule has 0 aromatic heterocycles. The highest BCUT2D eigenvalue weighted by atomic mass is 15.1. The topological polar surface area (TPSA) is 15.3 Å². The van der Waals surface area contributed by atoms with Crippen LogP contribution in [0.5, 0.6) is 0 Å². The van der Waals surface area contributed by atoms with E-state index in [9.17, 15) is 0 Å². The van der Waals surface area contributed by atoms with Gasteiger partial charge in [0.2, 0.25) is 0 Å². The van der Waals surface area contributed by atoms with Gasteiger partial charge in [-0.05, 0) is 52.6 Å². The smallest absolute Gasteiger partial charge is 0.0163 e. The fourth-order valence-electron chi connectivity index (χ4n) is 1.76. The molecule has 2 heteroatoms. The zero-order valence-electron chi connectivity index (χ0n) is 10.3. The Morgan fingerprint density at radius 1 is 1.40 bits per heavy atom. The SMILES string of the molecule is C=CCN(CCCCNC1CC1)C(C)C. The Kier molecular flexibility index (Phi) is 5.96. The number of nitrogens with one attached hydrogen (secondary N) is 1. The minimum atomic E-state index is 0.638. The fourth-order valence-corrected chi connectivity index (χ4v) is 1.76. The molecule has 0 amide bonds. The van der Waals surface area contributed by atoms with Crippen molar-refractivity contribution < 1.29 is 0 Å². The predicted molar refractivity (Wildman–Crippen MR) is 67.2 cm³/mol. The number of unbranched alkanes of at least 4 members (excludes halogenated alkanes) is 1. The number of nitrogens with zero attached hydrogens (tertiary/aromatic N) is 1. The summed E-state index contributed by atoms with van der Waals surface area (Å²) in [6, 6.07) is 1.50. The molecule has 0 heterocycles. The second-order valence-electron chi connectivity index (χ2n) is 4.81. The molecule has 2 nitrogen and oxygen atoms in total. The zero-order valence-corrected chi connectivity index (χ0v) is 10.3. The summed E-state index contributed by atoms with van der Waals surface area (Å²) in [7, 11) is 0. The van der Waals surface area contributed by atoms with Crippen molar-refractivity contribution in [2.75, 3.05) is 19.6 Å². The Bertz CT molecular complexity index is 173. The van der Waals surface area contributed by atoms with Crippen LogP contribution in [-0.2, 0) is 0 Å². The van der Waals surface area contributed by atoms with Gasteiger partial charge in [-0.15, -0.1) is 6.58 Å². The molecule has 0 spiro atoms.